The Morgan fingerprint density at radius 1 is 1.28 bits per heavy atom. The van der Waals surface area contributed by atoms with Gasteiger partial charge < -0.3 is 14.6 Å². The third-order valence-corrected chi connectivity index (χ3v) is 6.81. The summed E-state index contributed by atoms with van der Waals surface area (Å²) in [6.45, 7) is 2.42. The first-order chi connectivity index (χ1) is 13.8. The van der Waals surface area contributed by atoms with E-state index in [2.05, 4.69) is 15.2 Å². The molecule has 1 amide bonds. The summed E-state index contributed by atoms with van der Waals surface area (Å²) in [5.74, 6) is -0.468. The SMILES string of the molecule is COC(=O)c1ccccc1S(=O)(=O)N1CCC(C(=O)NCc2cc(C)on2)CC1. The van der Waals surface area contributed by atoms with Gasteiger partial charge in [0.1, 0.15) is 11.5 Å². The van der Waals surface area contributed by atoms with E-state index in [4.69, 9.17) is 4.52 Å². The second-order valence-corrected chi connectivity index (χ2v) is 8.72. The van der Waals surface area contributed by atoms with E-state index in [0.717, 1.165) is 0 Å². The van der Waals surface area contributed by atoms with Gasteiger partial charge in [0, 0.05) is 25.1 Å². The van der Waals surface area contributed by atoms with Gasteiger partial charge in [-0.15, -0.1) is 0 Å². The van der Waals surface area contributed by atoms with E-state index in [1.807, 2.05) is 0 Å². The number of amides is 1. The zero-order valence-corrected chi connectivity index (χ0v) is 17.1. The van der Waals surface area contributed by atoms with E-state index in [1.54, 1.807) is 25.1 Å². The van der Waals surface area contributed by atoms with Crippen LogP contribution in [0.4, 0.5) is 0 Å². The molecule has 1 N–H and O–H groups in total. The largest absolute Gasteiger partial charge is 0.465 e. The maximum Gasteiger partial charge on any atom is 0.339 e. The molecule has 0 atom stereocenters. The first kappa shape index (κ1) is 21.0. The monoisotopic (exact) mass is 421 g/mol. The molecule has 0 radical (unpaired) electrons. The molecule has 1 fully saturated rings. The Morgan fingerprint density at radius 2 is 1.97 bits per heavy atom. The zero-order chi connectivity index (χ0) is 21.0. The van der Waals surface area contributed by atoms with Crippen LogP contribution in [0.2, 0.25) is 0 Å². The number of hydrogen-bond donors (Lipinski definition) is 1. The summed E-state index contributed by atoms with van der Waals surface area (Å²) in [7, 11) is -2.67. The first-order valence-electron chi connectivity index (χ1n) is 9.20. The number of ether oxygens (including phenoxy) is 1. The first-order valence-corrected chi connectivity index (χ1v) is 10.6. The van der Waals surface area contributed by atoms with Crippen molar-refractivity contribution in [2.75, 3.05) is 20.2 Å². The topological polar surface area (TPSA) is 119 Å². The van der Waals surface area contributed by atoms with Crippen molar-refractivity contribution in [1.29, 1.82) is 0 Å². The minimum absolute atomic E-state index is 0.00206. The van der Waals surface area contributed by atoms with Gasteiger partial charge in [0.05, 0.1) is 24.1 Å². The number of sulfonamides is 1. The molecule has 156 valence electrons. The van der Waals surface area contributed by atoms with Crippen molar-refractivity contribution < 1.29 is 27.3 Å². The van der Waals surface area contributed by atoms with E-state index in [-0.39, 0.29) is 41.9 Å². The van der Waals surface area contributed by atoms with Gasteiger partial charge >= 0.3 is 5.97 Å². The summed E-state index contributed by atoms with van der Waals surface area (Å²) in [5, 5.41) is 6.63. The lowest BCUT2D eigenvalue weighted by atomic mass is 9.97. The maximum absolute atomic E-state index is 13.0. The molecule has 0 unspecified atom stereocenters. The van der Waals surface area contributed by atoms with Gasteiger partial charge in [-0.05, 0) is 31.9 Å². The highest BCUT2D eigenvalue weighted by Gasteiger charge is 2.34. The van der Waals surface area contributed by atoms with Crippen LogP contribution in [0.15, 0.2) is 39.8 Å². The molecule has 1 saturated heterocycles. The van der Waals surface area contributed by atoms with Crippen LogP contribution in [0.25, 0.3) is 0 Å². The van der Waals surface area contributed by atoms with Gasteiger partial charge in [0.25, 0.3) is 0 Å². The molecule has 1 aliphatic rings. The lowest BCUT2D eigenvalue weighted by molar-refractivity contribution is -0.126. The summed E-state index contributed by atoms with van der Waals surface area (Å²) in [6.07, 6.45) is 0.784. The number of benzene rings is 1. The van der Waals surface area contributed by atoms with Crippen molar-refractivity contribution in [1.82, 2.24) is 14.8 Å². The predicted octanol–water partition coefficient (Wildman–Crippen LogP) is 1.49. The van der Waals surface area contributed by atoms with Crippen LogP contribution in [-0.4, -0.2) is 50.0 Å². The van der Waals surface area contributed by atoms with Crippen molar-refractivity contribution in [2.45, 2.75) is 31.2 Å². The molecule has 9 nitrogen and oxygen atoms in total. The Kier molecular flexibility index (Phi) is 6.33. The minimum Gasteiger partial charge on any atom is -0.465 e. The van der Waals surface area contributed by atoms with Gasteiger partial charge in [0.2, 0.25) is 15.9 Å². The molecular weight excluding hydrogens is 398 g/mol. The highest BCUT2D eigenvalue weighted by atomic mass is 32.2. The number of rotatable bonds is 6. The number of piperidine rings is 1. The second-order valence-electron chi connectivity index (χ2n) is 6.81. The molecule has 0 saturated carbocycles. The molecule has 0 spiro atoms. The number of carbonyl (C=O) groups excluding carboxylic acids is 2. The fraction of sp³-hybridized carbons (Fsp3) is 0.421. The van der Waals surface area contributed by atoms with Crippen molar-refractivity contribution >= 4 is 21.9 Å². The quantitative estimate of drug-likeness (QED) is 0.702. The Balaban J connectivity index is 1.62. The smallest absolute Gasteiger partial charge is 0.339 e. The van der Waals surface area contributed by atoms with Crippen LogP contribution in [0.5, 0.6) is 0 Å². The number of nitrogens with zero attached hydrogens (tertiary/aromatic N) is 2. The van der Waals surface area contributed by atoms with Gasteiger partial charge in [-0.2, -0.15) is 4.31 Å². The molecule has 3 rings (SSSR count). The second kappa shape index (κ2) is 8.75. The summed E-state index contributed by atoms with van der Waals surface area (Å²) < 4.78 is 37.0. The van der Waals surface area contributed by atoms with Crippen LogP contribution in [-0.2, 0) is 26.1 Å². The van der Waals surface area contributed by atoms with Gasteiger partial charge in [-0.3, -0.25) is 4.79 Å². The normalized spacial score (nSPS) is 15.8. The molecule has 1 aromatic heterocycles. The molecule has 1 aromatic carbocycles. The van der Waals surface area contributed by atoms with E-state index >= 15 is 0 Å². The molecule has 1 aliphatic heterocycles. The summed E-state index contributed by atoms with van der Waals surface area (Å²) in [5.41, 5.74) is 0.632. The number of methoxy groups -OCH3 is 1. The molecule has 0 aliphatic carbocycles. The van der Waals surface area contributed by atoms with Crippen LogP contribution in [0.3, 0.4) is 0 Å². The zero-order valence-electron chi connectivity index (χ0n) is 16.3. The average Bonchev–Trinajstić information content (AvgIpc) is 3.16. The Morgan fingerprint density at radius 3 is 2.59 bits per heavy atom. The number of aryl methyl sites for hydroxylation is 1. The van der Waals surface area contributed by atoms with Crippen LogP contribution < -0.4 is 5.32 Å². The molecule has 29 heavy (non-hydrogen) atoms. The third-order valence-electron chi connectivity index (χ3n) is 4.86. The van der Waals surface area contributed by atoms with Gasteiger partial charge in [0.15, 0.2) is 0 Å². The Bertz CT molecular complexity index is 993. The van der Waals surface area contributed by atoms with Crippen LogP contribution in [0, 0.1) is 12.8 Å². The van der Waals surface area contributed by atoms with Crippen LogP contribution in [0.1, 0.15) is 34.7 Å². The van der Waals surface area contributed by atoms with E-state index in [0.29, 0.717) is 24.3 Å². The van der Waals surface area contributed by atoms with E-state index < -0.39 is 16.0 Å². The Hall–Kier alpha value is -2.72. The third kappa shape index (κ3) is 4.65. The number of esters is 1. The number of carbonyl (C=O) groups is 2. The lowest BCUT2D eigenvalue weighted by Gasteiger charge is -2.30. The molecule has 2 aromatic rings. The lowest BCUT2D eigenvalue weighted by Crippen LogP contribution is -2.43. The number of hydrogen-bond acceptors (Lipinski definition) is 7. The molecule has 0 bridgehead atoms. The summed E-state index contributed by atoms with van der Waals surface area (Å²) >= 11 is 0. The van der Waals surface area contributed by atoms with E-state index in [9.17, 15) is 18.0 Å². The van der Waals surface area contributed by atoms with Crippen molar-refractivity contribution in [2.24, 2.45) is 5.92 Å². The fourth-order valence-corrected chi connectivity index (χ4v) is 4.94. The standard InChI is InChI=1S/C19H23N3O6S/c1-13-11-15(21-28-13)12-20-18(23)14-7-9-22(10-8-14)29(25,26)17-6-4-3-5-16(17)19(24)27-2/h3-6,11,14H,7-10,12H2,1-2H3,(H,20,23). The van der Waals surface area contributed by atoms with Crippen molar-refractivity contribution in [3.05, 3.63) is 47.3 Å². The highest BCUT2D eigenvalue weighted by molar-refractivity contribution is 7.89. The van der Waals surface area contributed by atoms with Gasteiger partial charge in [-0.1, -0.05) is 17.3 Å². The average molecular weight is 421 g/mol. The molecule has 10 heteroatoms. The van der Waals surface area contributed by atoms with Crippen molar-refractivity contribution in [3.8, 4) is 0 Å². The van der Waals surface area contributed by atoms with Crippen molar-refractivity contribution in [3.63, 3.8) is 0 Å². The fourth-order valence-electron chi connectivity index (χ4n) is 3.29. The highest BCUT2D eigenvalue weighted by Crippen LogP contribution is 2.26. The summed E-state index contributed by atoms with van der Waals surface area (Å²) in [4.78, 5) is 24.2. The van der Waals surface area contributed by atoms with Crippen LogP contribution >= 0.6 is 0 Å². The Labute approximate surface area is 169 Å². The number of aromatic nitrogens is 1. The predicted molar refractivity (Wildman–Crippen MR) is 102 cm³/mol. The minimum atomic E-state index is -3.87. The van der Waals surface area contributed by atoms with Gasteiger partial charge in [-0.25, -0.2) is 13.2 Å². The molecular formula is C19H23N3O6S. The van der Waals surface area contributed by atoms with E-state index in [1.165, 1.54) is 23.5 Å². The molecule has 2 heterocycles. The summed E-state index contributed by atoms with van der Waals surface area (Å²) in [6, 6.07) is 7.70. The number of nitrogens with one attached hydrogen (secondary N) is 1. The maximum atomic E-state index is 13.0.